The first-order chi connectivity index (χ1) is 15.9. The molecule has 0 unspecified atom stereocenters. The summed E-state index contributed by atoms with van der Waals surface area (Å²) >= 11 is 1.48. The van der Waals surface area contributed by atoms with Gasteiger partial charge in [-0.25, -0.2) is 17.8 Å². The molecule has 0 radical (unpaired) electrons. The van der Waals surface area contributed by atoms with Gasteiger partial charge in [0.05, 0.1) is 5.69 Å². The lowest BCUT2D eigenvalue weighted by Crippen LogP contribution is -2.41. The number of aromatic nitrogens is 2. The van der Waals surface area contributed by atoms with E-state index in [9.17, 15) is 22.4 Å². The van der Waals surface area contributed by atoms with Crippen molar-refractivity contribution in [3.05, 3.63) is 62.8 Å². The van der Waals surface area contributed by atoms with Crippen LogP contribution in [0, 0.1) is 5.82 Å². The highest BCUT2D eigenvalue weighted by Crippen LogP contribution is 2.29. The zero-order valence-corrected chi connectivity index (χ0v) is 19.3. The van der Waals surface area contributed by atoms with E-state index in [1.807, 2.05) is 0 Å². The minimum Gasteiger partial charge on any atom is -0.458 e. The van der Waals surface area contributed by atoms with Crippen molar-refractivity contribution in [3.8, 4) is 0 Å². The molecular weight excluding hydrogens is 469 g/mol. The second kappa shape index (κ2) is 8.62. The SMILES string of the molecule is O=C(OCc1cc(=O)n2c3c(sc2n1)CCCC3)[C@H]1CCCN1S(=O)(=O)c1ccccc1F. The Morgan fingerprint density at radius 1 is 1.21 bits per heavy atom. The number of nitrogens with zero attached hydrogens (tertiary/aromatic N) is 3. The van der Waals surface area contributed by atoms with Crippen LogP contribution < -0.4 is 5.56 Å². The summed E-state index contributed by atoms with van der Waals surface area (Å²) in [5.41, 5.74) is 1.12. The molecule has 33 heavy (non-hydrogen) atoms. The average molecular weight is 492 g/mol. The first-order valence-electron chi connectivity index (χ1n) is 10.8. The number of fused-ring (bicyclic) bond motifs is 3. The van der Waals surface area contributed by atoms with Crippen molar-refractivity contribution >= 4 is 32.3 Å². The number of esters is 1. The number of ether oxygens (including phenoxy) is 1. The molecule has 2 aromatic heterocycles. The van der Waals surface area contributed by atoms with Gasteiger partial charge >= 0.3 is 5.97 Å². The minimum absolute atomic E-state index is 0.0999. The predicted octanol–water partition coefficient (Wildman–Crippen LogP) is 2.67. The second-order valence-corrected chi connectivity index (χ2v) is 11.1. The van der Waals surface area contributed by atoms with Gasteiger partial charge in [-0.3, -0.25) is 14.0 Å². The normalized spacial score (nSPS) is 19.0. The monoisotopic (exact) mass is 491 g/mol. The maximum absolute atomic E-state index is 14.1. The van der Waals surface area contributed by atoms with E-state index in [2.05, 4.69) is 4.98 Å². The minimum atomic E-state index is -4.19. The van der Waals surface area contributed by atoms with E-state index < -0.39 is 32.7 Å². The van der Waals surface area contributed by atoms with Gasteiger partial charge in [-0.05, 0) is 50.7 Å². The lowest BCUT2D eigenvalue weighted by atomic mass is 10.0. The summed E-state index contributed by atoms with van der Waals surface area (Å²) in [5.74, 6) is -1.60. The molecule has 1 aliphatic carbocycles. The number of hydrogen-bond acceptors (Lipinski definition) is 7. The third kappa shape index (κ3) is 3.98. The van der Waals surface area contributed by atoms with Gasteiger partial charge in [0.15, 0.2) is 4.96 Å². The topological polar surface area (TPSA) is 98.1 Å². The van der Waals surface area contributed by atoms with Crippen molar-refractivity contribution in [2.24, 2.45) is 0 Å². The van der Waals surface area contributed by atoms with Crippen LogP contribution in [0.5, 0.6) is 0 Å². The number of halogens is 1. The Bertz CT molecular complexity index is 1400. The molecule has 2 aliphatic rings. The Balaban J connectivity index is 1.34. The molecule has 11 heteroatoms. The number of carbonyl (C=O) groups excluding carboxylic acids is 1. The third-order valence-electron chi connectivity index (χ3n) is 6.08. The van der Waals surface area contributed by atoms with E-state index in [4.69, 9.17) is 4.74 Å². The molecule has 0 N–H and O–H groups in total. The number of benzene rings is 1. The van der Waals surface area contributed by atoms with E-state index in [0.29, 0.717) is 17.1 Å². The molecule has 0 bridgehead atoms. The van der Waals surface area contributed by atoms with Crippen LogP contribution in [-0.4, -0.2) is 40.7 Å². The fourth-order valence-corrected chi connectivity index (χ4v) is 7.45. The van der Waals surface area contributed by atoms with E-state index in [-0.39, 0.29) is 25.1 Å². The van der Waals surface area contributed by atoms with Gasteiger partial charge < -0.3 is 4.74 Å². The molecule has 3 aromatic rings. The maximum atomic E-state index is 14.1. The summed E-state index contributed by atoms with van der Waals surface area (Å²) in [6, 6.07) is 5.39. The number of carbonyl (C=O) groups is 1. The van der Waals surface area contributed by atoms with Crippen LogP contribution in [0.25, 0.3) is 4.96 Å². The fraction of sp³-hybridized carbons (Fsp3) is 0.409. The molecule has 5 rings (SSSR count). The molecule has 1 aliphatic heterocycles. The first-order valence-corrected chi connectivity index (χ1v) is 13.1. The Kier molecular flexibility index (Phi) is 5.79. The van der Waals surface area contributed by atoms with Crippen LogP contribution in [0.4, 0.5) is 4.39 Å². The van der Waals surface area contributed by atoms with Gasteiger partial charge in [0.2, 0.25) is 10.0 Å². The predicted molar refractivity (Wildman–Crippen MR) is 119 cm³/mol. The average Bonchev–Trinajstić information content (AvgIpc) is 3.43. The standard InChI is InChI=1S/C22H22FN3O5S2/c23-15-6-1-4-10-19(15)33(29,30)25-11-5-8-17(25)21(28)31-13-14-12-20(27)26-16-7-2-3-9-18(16)32-22(26)24-14/h1,4,6,10,12,17H,2-3,5,7-9,11,13H2/t17-/m1/s1. The van der Waals surface area contributed by atoms with Crippen LogP contribution in [0.1, 0.15) is 41.9 Å². The Hall–Kier alpha value is -2.63. The number of aryl methyl sites for hydroxylation is 2. The van der Waals surface area contributed by atoms with Crippen molar-refractivity contribution < 1.29 is 22.3 Å². The van der Waals surface area contributed by atoms with Crippen LogP contribution >= 0.6 is 11.3 Å². The number of thiazole rings is 1. The fourth-order valence-electron chi connectivity index (χ4n) is 4.50. The number of rotatable bonds is 5. The molecule has 1 aromatic carbocycles. The summed E-state index contributed by atoms with van der Waals surface area (Å²) < 4.78 is 48.0. The quantitative estimate of drug-likeness (QED) is 0.509. The van der Waals surface area contributed by atoms with E-state index in [1.165, 1.54) is 40.5 Å². The van der Waals surface area contributed by atoms with Crippen LogP contribution in [-0.2, 0) is 39.0 Å². The largest absolute Gasteiger partial charge is 0.458 e. The molecule has 1 fully saturated rings. The summed E-state index contributed by atoms with van der Waals surface area (Å²) in [6.45, 7) is -0.139. The Morgan fingerprint density at radius 2 is 2.00 bits per heavy atom. The number of sulfonamides is 1. The van der Waals surface area contributed by atoms with Crippen LogP contribution in [0.2, 0.25) is 0 Å². The maximum Gasteiger partial charge on any atom is 0.324 e. The van der Waals surface area contributed by atoms with E-state index in [1.54, 1.807) is 4.40 Å². The lowest BCUT2D eigenvalue weighted by Gasteiger charge is -2.22. The molecule has 0 amide bonds. The van der Waals surface area contributed by atoms with Gasteiger partial charge in [-0.2, -0.15) is 4.31 Å². The third-order valence-corrected chi connectivity index (χ3v) is 9.16. The summed E-state index contributed by atoms with van der Waals surface area (Å²) in [7, 11) is -4.19. The highest BCUT2D eigenvalue weighted by Gasteiger charge is 2.41. The van der Waals surface area contributed by atoms with Crippen molar-refractivity contribution in [2.45, 2.75) is 56.1 Å². The van der Waals surface area contributed by atoms with Crippen molar-refractivity contribution in [3.63, 3.8) is 0 Å². The highest BCUT2D eigenvalue weighted by molar-refractivity contribution is 7.89. The highest BCUT2D eigenvalue weighted by atomic mass is 32.2. The van der Waals surface area contributed by atoms with Crippen molar-refractivity contribution in [2.75, 3.05) is 6.54 Å². The number of hydrogen-bond donors (Lipinski definition) is 0. The smallest absolute Gasteiger partial charge is 0.324 e. The lowest BCUT2D eigenvalue weighted by molar-refractivity contribution is -0.148. The van der Waals surface area contributed by atoms with Gasteiger partial charge in [0.25, 0.3) is 5.56 Å². The van der Waals surface area contributed by atoms with Crippen molar-refractivity contribution in [1.29, 1.82) is 0 Å². The first kappa shape index (κ1) is 22.2. The molecule has 1 saturated heterocycles. The molecule has 8 nitrogen and oxygen atoms in total. The van der Waals surface area contributed by atoms with Gasteiger partial charge in [0, 0.05) is 23.2 Å². The molecule has 0 saturated carbocycles. The van der Waals surface area contributed by atoms with Crippen molar-refractivity contribution in [1.82, 2.24) is 13.7 Å². The molecule has 3 heterocycles. The summed E-state index contributed by atoms with van der Waals surface area (Å²) in [4.78, 5) is 31.2. The molecule has 1 atom stereocenters. The summed E-state index contributed by atoms with van der Waals surface area (Å²) in [6.07, 6.45) is 4.64. The van der Waals surface area contributed by atoms with Crippen LogP contribution in [0.15, 0.2) is 40.0 Å². The zero-order valence-electron chi connectivity index (χ0n) is 17.7. The van der Waals surface area contributed by atoms with E-state index in [0.717, 1.165) is 41.7 Å². The second-order valence-electron chi connectivity index (χ2n) is 8.19. The summed E-state index contributed by atoms with van der Waals surface area (Å²) in [5, 5.41) is 0. The van der Waals surface area contributed by atoms with Gasteiger partial charge in [-0.1, -0.05) is 12.1 Å². The molecule has 0 spiro atoms. The molecular formula is C22H22FN3O5S2. The van der Waals surface area contributed by atoms with Crippen LogP contribution in [0.3, 0.4) is 0 Å². The molecule has 174 valence electrons. The zero-order chi connectivity index (χ0) is 23.2. The Labute approximate surface area is 193 Å². The van der Waals surface area contributed by atoms with Gasteiger partial charge in [-0.15, -0.1) is 11.3 Å². The Morgan fingerprint density at radius 3 is 2.82 bits per heavy atom. The van der Waals surface area contributed by atoms with Gasteiger partial charge in [0.1, 0.15) is 23.4 Å². The van der Waals surface area contributed by atoms with E-state index >= 15 is 0 Å².